The molecule has 2 heterocycles. The van der Waals surface area contributed by atoms with Gasteiger partial charge in [-0.1, -0.05) is 26.2 Å². The minimum atomic E-state index is -4.44. The second-order valence-electron chi connectivity index (χ2n) is 6.84. The monoisotopic (exact) mass is 366 g/mol. The third kappa shape index (κ3) is 3.73. The molecule has 1 aliphatic carbocycles. The Morgan fingerprint density at radius 1 is 1.35 bits per heavy atom. The predicted molar refractivity (Wildman–Crippen MR) is 89.9 cm³/mol. The smallest absolute Gasteiger partial charge is 0.352 e. The molecule has 0 bridgehead atoms. The number of carbonyl (C=O) groups is 1. The molecule has 0 saturated heterocycles. The van der Waals surface area contributed by atoms with E-state index in [0.717, 1.165) is 12.3 Å². The highest BCUT2D eigenvalue weighted by molar-refractivity contribution is 5.95. The maximum atomic E-state index is 12.6. The Morgan fingerprint density at radius 3 is 2.62 bits per heavy atom. The summed E-state index contributed by atoms with van der Waals surface area (Å²) < 4.78 is 39.3. The van der Waals surface area contributed by atoms with E-state index in [-0.39, 0.29) is 11.7 Å². The van der Waals surface area contributed by atoms with E-state index in [2.05, 4.69) is 22.3 Å². The first-order valence-corrected chi connectivity index (χ1v) is 8.64. The topological polar surface area (TPSA) is 59.8 Å². The lowest BCUT2D eigenvalue weighted by molar-refractivity contribution is -0.137. The number of halogens is 3. The molecule has 1 aliphatic rings. The van der Waals surface area contributed by atoms with Gasteiger partial charge in [-0.25, -0.2) is 9.67 Å². The maximum Gasteiger partial charge on any atom is 0.417 e. The highest BCUT2D eigenvalue weighted by atomic mass is 19.4. The molecule has 8 heteroatoms. The molecule has 0 aromatic carbocycles. The van der Waals surface area contributed by atoms with Gasteiger partial charge < -0.3 is 5.32 Å². The molecule has 1 N–H and O–H groups in total. The van der Waals surface area contributed by atoms with Crippen LogP contribution in [0.5, 0.6) is 0 Å². The summed E-state index contributed by atoms with van der Waals surface area (Å²) in [4.78, 5) is 16.2. The number of carbonyl (C=O) groups excluding carboxylic acids is 1. The minimum Gasteiger partial charge on any atom is -0.352 e. The summed E-state index contributed by atoms with van der Waals surface area (Å²) in [7, 11) is 0. The Hall–Kier alpha value is -2.38. The Kier molecular flexibility index (Phi) is 5.02. The molecule has 140 valence electrons. The Labute approximate surface area is 149 Å². The van der Waals surface area contributed by atoms with Crippen LogP contribution in [0, 0.1) is 18.8 Å². The van der Waals surface area contributed by atoms with Crippen LogP contribution >= 0.6 is 0 Å². The molecule has 2 aromatic rings. The first kappa shape index (κ1) is 18.4. The molecule has 1 unspecified atom stereocenters. The summed E-state index contributed by atoms with van der Waals surface area (Å²) in [5, 5.41) is 7.02. The Morgan fingerprint density at radius 2 is 2.08 bits per heavy atom. The second-order valence-corrected chi connectivity index (χ2v) is 6.84. The normalized spacial score (nSPS) is 16.2. The van der Waals surface area contributed by atoms with Crippen molar-refractivity contribution in [2.24, 2.45) is 11.8 Å². The highest BCUT2D eigenvalue weighted by Gasteiger charge is 2.31. The Bertz CT molecular complexity index is 779. The van der Waals surface area contributed by atoms with Crippen LogP contribution in [0.4, 0.5) is 13.2 Å². The summed E-state index contributed by atoms with van der Waals surface area (Å²) in [5.41, 5.74) is 0.104. The molecule has 0 radical (unpaired) electrons. The average molecular weight is 366 g/mol. The maximum absolute atomic E-state index is 12.6. The SMILES string of the molecule is Cc1c(C(=O)NCC(C)C2CCC2)cnn1-c1ccc(C(F)(F)F)cn1. The molecule has 1 amide bonds. The van der Waals surface area contributed by atoms with Gasteiger partial charge in [0.1, 0.15) is 0 Å². The predicted octanol–water partition coefficient (Wildman–Crippen LogP) is 3.76. The fourth-order valence-electron chi connectivity index (χ4n) is 3.07. The van der Waals surface area contributed by atoms with Crippen molar-refractivity contribution in [3.63, 3.8) is 0 Å². The molecule has 5 nitrogen and oxygen atoms in total. The van der Waals surface area contributed by atoms with Crippen molar-refractivity contribution in [2.75, 3.05) is 6.54 Å². The van der Waals surface area contributed by atoms with Gasteiger partial charge in [-0.05, 0) is 30.9 Å². The van der Waals surface area contributed by atoms with E-state index in [0.29, 0.717) is 29.6 Å². The zero-order valence-corrected chi connectivity index (χ0v) is 14.7. The van der Waals surface area contributed by atoms with Gasteiger partial charge in [0.25, 0.3) is 5.91 Å². The summed E-state index contributed by atoms with van der Waals surface area (Å²) in [6.07, 6.45) is 1.43. The van der Waals surface area contributed by atoms with E-state index in [1.807, 2.05) is 0 Å². The van der Waals surface area contributed by atoms with Crippen LogP contribution in [0.25, 0.3) is 5.82 Å². The van der Waals surface area contributed by atoms with Gasteiger partial charge >= 0.3 is 6.18 Å². The molecule has 2 aromatic heterocycles. The quantitative estimate of drug-likeness (QED) is 0.877. The third-order valence-corrected chi connectivity index (χ3v) is 5.09. The van der Waals surface area contributed by atoms with Gasteiger partial charge in [-0.3, -0.25) is 4.79 Å². The zero-order valence-electron chi connectivity index (χ0n) is 14.7. The van der Waals surface area contributed by atoms with Gasteiger partial charge in [0.05, 0.1) is 23.0 Å². The number of nitrogens with zero attached hydrogens (tertiary/aromatic N) is 3. The number of alkyl halides is 3. The molecule has 0 spiro atoms. The minimum absolute atomic E-state index is 0.230. The summed E-state index contributed by atoms with van der Waals surface area (Å²) in [6, 6.07) is 2.19. The summed E-state index contributed by atoms with van der Waals surface area (Å²) in [6.45, 7) is 4.43. The number of pyridine rings is 1. The van der Waals surface area contributed by atoms with Gasteiger partial charge in [0.15, 0.2) is 5.82 Å². The van der Waals surface area contributed by atoms with Crippen molar-refractivity contribution in [3.8, 4) is 5.82 Å². The number of hydrogen-bond donors (Lipinski definition) is 1. The highest BCUT2D eigenvalue weighted by Crippen LogP contribution is 2.33. The fraction of sp³-hybridized carbons (Fsp3) is 0.500. The van der Waals surface area contributed by atoms with Crippen LogP contribution in [0.1, 0.15) is 47.8 Å². The number of aromatic nitrogens is 3. The van der Waals surface area contributed by atoms with Crippen LogP contribution in [-0.4, -0.2) is 27.2 Å². The summed E-state index contributed by atoms with van der Waals surface area (Å²) in [5.74, 6) is 1.11. The molecule has 26 heavy (non-hydrogen) atoms. The van der Waals surface area contributed by atoms with Crippen LogP contribution < -0.4 is 5.32 Å². The lowest BCUT2D eigenvalue weighted by atomic mass is 9.77. The molecular formula is C18H21F3N4O. The van der Waals surface area contributed by atoms with Crippen molar-refractivity contribution in [3.05, 3.63) is 41.3 Å². The van der Waals surface area contributed by atoms with Crippen LogP contribution in [-0.2, 0) is 6.18 Å². The van der Waals surface area contributed by atoms with Crippen molar-refractivity contribution < 1.29 is 18.0 Å². The van der Waals surface area contributed by atoms with E-state index in [1.165, 1.54) is 36.2 Å². The number of amides is 1. The summed E-state index contributed by atoms with van der Waals surface area (Å²) >= 11 is 0. The fourth-order valence-corrected chi connectivity index (χ4v) is 3.07. The standard InChI is InChI=1S/C18H21F3N4O/c1-11(13-4-3-5-13)8-23-17(26)15-10-24-25(12(15)2)16-7-6-14(9-22-16)18(19,20)21/h6-7,9-11,13H,3-5,8H2,1-2H3,(H,23,26). The molecule has 1 atom stereocenters. The molecular weight excluding hydrogens is 345 g/mol. The molecule has 3 rings (SSSR count). The lowest BCUT2D eigenvalue weighted by Gasteiger charge is -2.31. The van der Waals surface area contributed by atoms with E-state index < -0.39 is 11.7 Å². The van der Waals surface area contributed by atoms with E-state index >= 15 is 0 Å². The first-order chi connectivity index (χ1) is 12.3. The van der Waals surface area contributed by atoms with E-state index in [1.54, 1.807) is 6.92 Å². The van der Waals surface area contributed by atoms with Crippen molar-refractivity contribution in [1.29, 1.82) is 0 Å². The van der Waals surface area contributed by atoms with E-state index in [9.17, 15) is 18.0 Å². The number of rotatable bonds is 5. The lowest BCUT2D eigenvalue weighted by Crippen LogP contribution is -2.33. The second kappa shape index (κ2) is 7.09. The Balaban J connectivity index is 1.69. The largest absolute Gasteiger partial charge is 0.417 e. The van der Waals surface area contributed by atoms with Crippen LogP contribution in [0.2, 0.25) is 0 Å². The van der Waals surface area contributed by atoms with Gasteiger partial charge in [-0.2, -0.15) is 18.3 Å². The van der Waals surface area contributed by atoms with E-state index in [4.69, 9.17) is 0 Å². The number of hydrogen-bond acceptors (Lipinski definition) is 3. The zero-order chi connectivity index (χ0) is 18.9. The molecule has 1 saturated carbocycles. The molecule has 1 fully saturated rings. The van der Waals surface area contributed by atoms with Gasteiger partial charge in [0.2, 0.25) is 0 Å². The van der Waals surface area contributed by atoms with Gasteiger partial charge in [0, 0.05) is 12.7 Å². The number of nitrogens with one attached hydrogen (secondary N) is 1. The van der Waals surface area contributed by atoms with Crippen molar-refractivity contribution >= 4 is 5.91 Å². The average Bonchev–Trinajstić information content (AvgIpc) is 2.92. The van der Waals surface area contributed by atoms with Crippen LogP contribution in [0.3, 0.4) is 0 Å². The van der Waals surface area contributed by atoms with Crippen LogP contribution in [0.15, 0.2) is 24.5 Å². The molecule has 0 aliphatic heterocycles. The van der Waals surface area contributed by atoms with Gasteiger partial charge in [-0.15, -0.1) is 0 Å². The van der Waals surface area contributed by atoms with Crippen molar-refractivity contribution in [1.82, 2.24) is 20.1 Å². The third-order valence-electron chi connectivity index (χ3n) is 5.09. The van der Waals surface area contributed by atoms with Crippen molar-refractivity contribution in [2.45, 2.75) is 39.3 Å². The first-order valence-electron chi connectivity index (χ1n) is 8.64.